The molecule has 0 unspecified atom stereocenters. The van der Waals surface area contributed by atoms with Gasteiger partial charge in [0.05, 0.1) is 0 Å². The van der Waals surface area contributed by atoms with Gasteiger partial charge in [-0.15, -0.1) is 0 Å². The van der Waals surface area contributed by atoms with Crippen molar-refractivity contribution in [1.29, 1.82) is 0 Å². The first-order valence-electron chi connectivity index (χ1n) is 5.66. The van der Waals surface area contributed by atoms with Gasteiger partial charge in [0.15, 0.2) is 0 Å². The van der Waals surface area contributed by atoms with Crippen molar-refractivity contribution in [3.05, 3.63) is 35.6 Å². The molecule has 0 radical (unpaired) electrons. The first-order chi connectivity index (χ1) is 6.88. The minimum atomic E-state index is 1.11. The predicted octanol–water partition coefficient (Wildman–Crippen LogP) is 3.26. The Bertz CT molecular complexity index is 278. The van der Waals surface area contributed by atoms with Gasteiger partial charge in [-0.2, -0.15) is 0 Å². The van der Waals surface area contributed by atoms with Crippen molar-refractivity contribution < 1.29 is 0 Å². The number of likely N-dealkylation sites (tertiary alicyclic amines) is 1. The normalized spacial score (nSPS) is 22.8. The van der Waals surface area contributed by atoms with Gasteiger partial charge in [-0.25, -0.2) is 0 Å². The molecule has 1 heteroatoms. The summed E-state index contributed by atoms with van der Waals surface area (Å²) in [7, 11) is 0. The van der Waals surface area contributed by atoms with E-state index < -0.39 is 0 Å². The van der Waals surface area contributed by atoms with E-state index in [1.54, 1.807) is 0 Å². The molecular weight excluding hydrogens is 170 g/mol. The largest absolute Gasteiger partial charge is 0.374 e. The van der Waals surface area contributed by atoms with Crippen molar-refractivity contribution in [2.75, 3.05) is 13.1 Å². The molecular formula is C13H19N. The molecule has 0 atom stereocenters. The Kier molecular flexibility index (Phi) is 3.07. The van der Waals surface area contributed by atoms with Gasteiger partial charge in [0.25, 0.3) is 0 Å². The molecule has 76 valence electrons. The lowest BCUT2D eigenvalue weighted by Gasteiger charge is -2.31. The Morgan fingerprint density at radius 3 is 2.64 bits per heavy atom. The Hall–Kier alpha value is -0.980. The van der Waals surface area contributed by atoms with Crippen LogP contribution in [0.25, 0.3) is 0 Å². The second kappa shape index (κ2) is 4.50. The molecule has 0 aromatic carbocycles. The standard InChI is InChI=1S/C13H19N/c1-12-8-4-2-5-9-13(12)14-10-6-3-7-11-14/h2,4-5,8H,3,6-7,9-11H2,1H3. The minimum absolute atomic E-state index is 1.11. The van der Waals surface area contributed by atoms with Gasteiger partial charge in [0.2, 0.25) is 0 Å². The van der Waals surface area contributed by atoms with E-state index in [9.17, 15) is 0 Å². The fourth-order valence-electron chi connectivity index (χ4n) is 2.26. The minimum Gasteiger partial charge on any atom is -0.374 e. The quantitative estimate of drug-likeness (QED) is 0.612. The van der Waals surface area contributed by atoms with Crippen LogP contribution >= 0.6 is 0 Å². The number of hydrogen-bond donors (Lipinski definition) is 0. The summed E-state index contributed by atoms with van der Waals surface area (Å²) in [6.07, 6.45) is 14.0. The van der Waals surface area contributed by atoms with Crippen LogP contribution in [0, 0.1) is 0 Å². The molecule has 0 N–H and O–H groups in total. The molecule has 0 aromatic rings. The summed E-state index contributed by atoms with van der Waals surface area (Å²) >= 11 is 0. The fraction of sp³-hybridized carbons (Fsp3) is 0.538. The molecule has 1 saturated heterocycles. The molecule has 0 bridgehead atoms. The Morgan fingerprint density at radius 1 is 1.07 bits per heavy atom. The molecule has 14 heavy (non-hydrogen) atoms. The van der Waals surface area contributed by atoms with Gasteiger partial charge < -0.3 is 4.90 Å². The number of nitrogens with zero attached hydrogens (tertiary/aromatic N) is 1. The highest BCUT2D eigenvalue weighted by Gasteiger charge is 2.14. The van der Waals surface area contributed by atoms with Gasteiger partial charge in [-0.05, 0) is 31.8 Å². The first-order valence-corrected chi connectivity index (χ1v) is 5.66. The third kappa shape index (κ3) is 2.09. The Morgan fingerprint density at radius 2 is 1.86 bits per heavy atom. The molecule has 0 aromatic heterocycles. The predicted molar refractivity (Wildman–Crippen MR) is 61.0 cm³/mol. The zero-order chi connectivity index (χ0) is 9.80. The monoisotopic (exact) mass is 189 g/mol. The fourth-order valence-corrected chi connectivity index (χ4v) is 2.26. The van der Waals surface area contributed by atoms with Crippen LogP contribution in [0.15, 0.2) is 35.6 Å². The third-order valence-corrected chi connectivity index (χ3v) is 3.10. The maximum absolute atomic E-state index is 2.57. The number of allylic oxidation sites excluding steroid dienone is 5. The molecule has 0 amide bonds. The topological polar surface area (TPSA) is 3.24 Å². The zero-order valence-corrected chi connectivity index (χ0v) is 9.00. The van der Waals surface area contributed by atoms with E-state index in [4.69, 9.17) is 0 Å². The second-order valence-electron chi connectivity index (χ2n) is 4.17. The molecule has 2 aliphatic rings. The maximum atomic E-state index is 2.57. The van der Waals surface area contributed by atoms with E-state index >= 15 is 0 Å². The smallest absolute Gasteiger partial charge is 0.0201 e. The van der Waals surface area contributed by atoms with Gasteiger partial charge in [-0.1, -0.05) is 24.3 Å². The zero-order valence-electron chi connectivity index (χ0n) is 9.00. The van der Waals surface area contributed by atoms with E-state index in [2.05, 4.69) is 36.1 Å². The summed E-state index contributed by atoms with van der Waals surface area (Å²) in [6.45, 7) is 4.75. The molecule has 1 aliphatic heterocycles. The van der Waals surface area contributed by atoms with E-state index in [0.717, 1.165) is 6.42 Å². The van der Waals surface area contributed by atoms with Gasteiger partial charge in [-0.3, -0.25) is 0 Å². The van der Waals surface area contributed by atoms with Crippen molar-refractivity contribution in [3.63, 3.8) is 0 Å². The molecule has 1 heterocycles. The Balaban J connectivity index is 2.14. The SMILES string of the molecule is CC1=C(N2CCCCC2)CC=CC=C1. The molecule has 1 aliphatic carbocycles. The van der Waals surface area contributed by atoms with Gasteiger partial charge >= 0.3 is 0 Å². The highest BCUT2D eigenvalue weighted by atomic mass is 15.1. The lowest BCUT2D eigenvalue weighted by atomic mass is 10.1. The van der Waals surface area contributed by atoms with Gasteiger partial charge in [0.1, 0.15) is 0 Å². The molecule has 1 fully saturated rings. The van der Waals surface area contributed by atoms with Crippen LogP contribution in [0.3, 0.4) is 0 Å². The average molecular weight is 189 g/mol. The number of piperidine rings is 1. The second-order valence-corrected chi connectivity index (χ2v) is 4.17. The summed E-state index contributed by atoms with van der Waals surface area (Å²) < 4.78 is 0. The molecule has 0 spiro atoms. The number of rotatable bonds is 1. The average Bonchev–Trinajstić information content (AvgIpc) is 2.44. The van der Waals surface area contributed by atoms with Crippen molar-refractivity contribution in [3.8, 4) is 0 Å². The summed E-state index contributed by atoms with van der Waals surface area (Å²) in [4.78, 5) is 2.57. The van der Waals surface area contributed by atoms with Gasteiger partial charge in [0, 0.05) is 25.2 Å². The molecule has 1 nitrogen and oxygen atoms in total. The molecule has 0 saturated carbocycles. The van der Waals surface area contributed by atoms with E-state index in [0.29, 0.717) is 0 Å². The maximum Gasteiger partial charge on any atom is 0.0201 e. The van der Waals surface area contributed by atoms with E-state index in [1.807, 2.05) is 0 Å². The van der Waals surface area contributed by atoms with E-state index in [-0.39, 0.29) is 0 Å². The van der Waals surface area contributed by atoms with Crippen LogP contribution in [0.5, 0.6) is 0 Å². The van der Waals surface area contributed by atoms with Crippen LogP contribution in [0.1, 0.15) is 32.6 Å². The van der Waals surface area contributed by atoms with Crippen LogP contribution < -0.4 is 0 Å². The highest BCUT2D eigenvalue weighted by molar-refractivity contribution is 5.30. The van der Waals surface area contributed by atoms with Crippen molar-refractivity contribution in [2.45, 2.75) is 32.6 Å². The van der Waals surface area contributed by atoms with E-state index in [1.165, 1.54) is 43.6 Å². The van der Waals surface area contributed by atoms with Crippen LogP contribution in [0.2, 0.25) is 0 Å². The summed E-state index contributed by atoms with van der Waals surface area (Å²) in [5, 5.41) is 0. The van der Waals surface area contributed by atoms with Crippen LogP contribution in [0.4, 0.5) is 0 Å². The Labute approximate surface area is 86.8 Å². The van der Waals surface area contributed by atoms with Crippen molar-refractivity contribution >= 4 is 0 Å². The summed E-state index contributed by atoms with van der Waals surface area (Å²) in [5.74, 6) is 0. The number of hydrogen-bond acceptors (Lipinski definition) is 1. The third-order valence-electron chi connectivity index (χ3n) is 3.10. The lowest BCUT2D eigenvalue weighted by molar-refractivity contribution is 0.279. The van der Waals surface area contributed by atoms with Crippen molar-refractivity contribution in [2.24, 2.45) is 0 Å². The molecule has 2 rings (SSSR count). The van der Waals surface area contributed by atoms with Crippen LogP contribution in [-0.2, 0) is 0 Å². The summed E-state index contributed by atoms with van der Waals surface area (Å²) in [5.41, 5.74) is 2.98. The van der Waals surface area contributed by atoms with Crippen molar-refractivity contribution in [1.82, 2.24) is 4.90 Å². The van der Waals surface area contributed by atoms with Crippen LogP contribution in [-0.4, -0.2) is 18.0 Å². The summed E-state index contributed by atoms with van der Waals surface area (Å²) in [6, 6.07) is 0. The lowest BCUT2D eigenvalue weighted by Crippen LogP contribution is -2.29. The highest BCUT2D eigenvalue weighted by Crippen LogP contribution is 2.22. The first kappa shape index (κ1) is 9.57.